The van der Waals surface area contributed by atoms with Gasteiger partial charge in [0.05, 0.1) is 5.41 Å². The second kappa shape index (κ2) is 5.41. The summed E-state index contributed by atoms with van der Waals surface area (Å²) in [6.07, 6.45) is 0. The molecule has 0 amide bonds. The minimum absolute atomic E-state index is 0.262. The Balaban J connectivity index is 2.00. The smallest absolute Gasteiger partial charge is 0.163 e. The fraction of sp³-hybridized carbons (Fsp3) is 0.0909. The quantitative estimate of drug-likeness (QED) is 0.521. The molecule has 0 nitrogen and oxygen atoms in total. The number of halogens is 2. The highest BCUT2D eigenvalue weighted by Crippen LogP contribution is 2.54. The number of hydrogen-bond donors (Lipinski definition) is 0. The Morgan fingerprint density at radius 3 is 1.67 bits per heavy atom. The van der Waals surface area contributed by atoms with Gasteiger partial charge in [-0.15, -0.1) is 0 Å². The average Bonchev–Trinajstić information content (AvgIpc) is 2.92. The van der Waals surface area contributed by atoms with E-state index in [9.17, 15) is 4.39 Å². The van der Waals surface area contributed by atoms with Crippen LogP contribution in [0.5, 0.6) is 0 Å². The van der Waals surface area contributed by atoms with Crippen molar-refractivity contribution >= 4 is 5.83 Å². The van der Waals surface area contributed by atoms with Crippen LogP contribution in [0.15, 0.2) is 84.7 Å². The molecule has 0 N–H and O–H groups in total. The minimum atomic E-state index is -1.12. The average molecular weight is 318 g/mol. The molecule has 2 heteroatoms. The van der Waals surface area contributed by atoms with E-state index in [4.69, 9.17) is 0 Å². The Labute approximate surface area is 140 Å². The van der Waals surface area contributed by atoms with Crippen LogP contribution in [-0.4, -0.2) is 0 Å². The van der Waals surface area contributed by atoms with Crippen LogP contribution in [0.3, 0.4) is 0 Å². The van der Waals surface area contributed by atoms with Gasteiger partial charge in [-0.25, -0.2) is 8.78 Å². The van der Waals surface area contributed by atoms with E-state index in [2.05, 4.69) is 0 Å². The normalized spacial score (nSPS) is 15.5. The lowest BCUT2D eigenvalue weighted by atomic mass is 9.78. The standard InChI is InChI=1S/C22H16F2/c1-22(21(24)20(23)15-9-3-2-4-10-15)18-13-7-5-11-16(18)17-12-6-8-14-19(17)22/h2-14H,1H3. The van der Waals surface area contributed by atoms with E-state index >= 15 is 4.39 Å². The zero-order valence-electron chi connectivity index (χ0n) is 13.3. The van der Waals surface area contributed by atoms with Gasteiger partial charge in [0.15, 0.2) is 11.7 Å². The van der Waals surface area contributed by atoms with Gasteiger partial charge in [0.25, 0.3) is 0 Å². The molecule has 1 aliphatic rings. The van der Waals surface area contributed by atoms with E-state index in [0.29, 0.717) is 0 Å². The fourth-order valence-corrected chi connectivity index (χ4v) is 3.62. The first-order chi connectivity index (χ1) is 11.6. The van der Waals surface area contributed by atoms with E-state index in [0.717, 1.165) is 22.3 Å². The second-order valence-corrected chi connectivity index (χ2v) is 6.21. The molecule has 4 rings (SSSR count). The highest BCUT2D eigenvalue weighted by atomic mass is 19.2. The van der Waals surface area contributed by atoms with Crippen LogP contribution in [-0.2, 0) is 5.41 Å². The van der Waals surface area contributed by atoms with Crippen molar-refractivity contribution in [3.63, 3.8) is 0 Å². The Bertz CT molecular complexity index is 893. The maximum atomic E-state index is 15.4. The summed E-state index contributed by atoms with van der Waals surface area (Å²) in [5, 5.41) is 0. The summed E-state index contributed by atoms with van der Waals surface area (Å²) in [6, 6.07) is 23.7. The van der Waals surface area contributed by atoms with Crippen molar-refractivity contribution < 1.29 is 8.78 Å². The van der Waals surface area contributed by atoms with Gasteiger partial charge in [-0.1, -0.05) is 78.9 Å². The van der Waals surface area contributed by atoms with E-state index in [1.165, 1.54) is 0 Å². The van der Waals surface area contributed by atoms with Crippen LogP contribution < -0.4 is 0 Å². The van der Waals surface area contributed by atoms with Crippen LogP contribution in [0.4, 0.5) is 8.78 Å². The first-order valence-corrected chi connectivity index (χ1v) is 7.94. The van der Waals surface area contributed by atoms with Gasteiger partial charge in [-0.05, 0) is 29.2 Å². The summed E-state index contributed by atoms with van der Waals surface area (Å²) >= 11 is 0. The van der Waals surface area contributed by atoms with Crippen LogP contribution in [0, 0.1) is 0 Å². The van der Waals surface area contributed by atoms with Gasteiger partial charge in [0.1, 0.15) is 0 Å². The molecule has 0 bridgehead atoms. The molecular weight excluding hydrogens is 302 g/mol. The monoisotopic (exact) mass is 318 g/mol. The number of benzene rings is 3. The lowest BCUT2D eigenvalue weighted by Gasteiger charge is -2.26. The molecule has 0 atom stereocenters. The Hall–Kier alpha value is -2.74. The van der Waals surface area contributed by atoms with Gasteiger partial charge in [-0.3, -0.25) is 0 Å². The maximum absolute atomic E-state index is 15.4. The lowest BCUT2D eigenvalue weighted by molar-refractivity contribution is 0.476. The van der Waals surface area contributed by atoms with Crippen LogP contribution in [0.1, 0.15) is 23.6 Å². The summed E-state index contributed by atoms with van der Waals surface area (Å²) in [6.45, 7) is 1.76. The number of rotatable bonds is 2. The zero-order chi connectivity index (χ0) is 16.7. The molecule has 0 saturated carbocycles. The number of hydrogen-bond acceptors (Lipinski definition) is 0. The van der Waals surface area contributed by atoms with Crippen molar-refractivity contribution in [1.29, 1.82) is 0 Å². The summed E-state index contributed by atoms with van der Waals surface area (Å²) in [5.74, 6) is -1.55. The number of allylic oxidation sites excluding steroid dienone is 1. The molecule has 0 fully saturated rings. The largest absolute Gasteiger partial charge is 0.207 e. The molecule has 0 aromatic heterocycles. The molecule has 0 heterocycles. The van der Waals surface area contributed by atoms with E-state index in [-0.39, 0.29) is 5.56 Å². The Morgan fingerprint density at radius 1 is 0.667 bits per heavy atom. The Kier molecular flexibility index (Phi) is 3.34. The van der Waals surface area contributed by atoms with Gasteiger partial charge < -0.3 is 0 Å². The van der Waals surface area contributed by atoms with E-state index < -0.39 is 17.1 Å². The van der Waals surface area contributed by atoms with Gasteiger partial charge in [0.2, 0.25) is 0 Å². The van der Waals surface area contributed by atoms with E-state index in [1.54, 1.807) is 37.3 Å². The van der Waals surface area contributed by atoms with Crippen molar-refractivity contribution in [2.24, 2.45) is 0 Å². The first-order valence-electron chi connectivity index (χ1n) is 7.94. The third kappa shape index (κ3) is 1.96. The highest BCUT2D eigenvalue weighted by molar-refractivity contribution is 5.84. The lowest BCUT2D eigenvalue weighted by Crippen LogP contribution is -2.22. The van der Waals surface area contributed by atoms with Gasteiger partial charge >= 0.3 is 0 Å². The van der Waals surface area contributed by atoms with Crippen molar-refractivity contribution in [1.82, 2.24) is 0 Å². The van der Waals surface area contributed by atoms with Crippen molar-refractivity contribution in [3.05, 3.63) is 101 Å². The molecule has 0 unspecified atom stereocenters. The molecule has 0 radical (unpaired) electrons. The zero-order valence-corrected chi connectivity index (χ0v) is 13.3. The predicted molar refractivity (Wildman–Crippen MR) is 93.9 cm³/mol. The molecule has 3 aromatic rings. The second-order valence-electron chi connectivity index (χ2n) is 6.21. The maximum Gasteiger partial charge on any atom is 0.163 e. The molecule has 0 aliphatic heterocycles. The summed E-state index contributed by atoms with van der Waals surface area (Å²) < 4.78 is 30.4. The minimum Gasteiger partial charge on any atom is -0.207 e. The van der Waals surface area contributed by atoms with Gasteiger partial charge in [0, 0.05) is 5.56 Å². The third-order valence-corrected chi connectivity index (χ3v) is 4.88. The van der Waals surface area contributed by atoms with Crippen LogP contribution >= 0.6 is 0 Å². The van der Waals surface area contributed by atoms with Crippen molar-refractivity contribution in [2.45, 2.75) is 12.3 Å². The molecule has 0 spiro atoms. The fourth-order valence-electron chi connectivity index (χ4n) is 3.62. The first kappa shape index (κ1) is 14.8. The summed E-state index contributed by atoms with van der Waals surface area (Å²) in [5.41, 5.74) is 2.67. The van der Waals surface area contributed by atoms with Crippen LogP contribution in [0.2, 0.25) is 0 Å². The predicted octanol–water partition coefficient (Wildman–Crippen LogP) is 6.28. The van der Waals surface area contributed by atoms with Crippen molar-refractivity contribution in [3.8, 4) is 11.1 Å². The molecular formula is C22H16F2. The molecule has 3 aromatic carbocycles. The molecule has 118 valence electrons. The van der Waals surface area contributed by atoms with Crippen molar-refractivity contribution in [2.75, 3.05) is 0 Å². The topological polar surface area (TPSA) is 0 Å². The van der Waals surface area contributed by atoms with Crippen LogP contribution in [0.25, 0.3) is 17.0 Å². The molecule has 24 heavy (non-hydrogen) atoms. The van der Waals surface area contributed by atoms with E-state index in [1.807, 2.05) is 48.5 Å². The third-order valence-electron chi connectivity index (χ3n) is 4.88. The molecule has 1 aliphatic carbocycles. The number of fused-ring (bicyclic) bond motifs is 3. The summed E-state index contributed by atoms with van der Waals surface area (Å²) in [7, 11) is 0. The summed E-state index contributed by atoms with van der Waals surface area (Å²) in [4.78, 5) is 0. The highest BCUT2D eigenvalue weighted by Gasteiger charge is 2.44. The molecule has 0 saturated heterocycles. The SMILES string of the molecule is CC1(C(F)=C(F)c2ccccc2)c2ccccc2-c2ccccc21. The Morgan fingerprint density at radius 2 is 1.12 bits per heavy atom. The van der Waals surface area contributed by atoms with Gasteiger partial charge in [-0.2, -0.15) is 0 Å².